The van der Waals surface area contributed by atoms with Gasteiger partial charge in [-0.1, -0.05) is 32.6 Å². The molecule has 1 aromatic heterocycles. The van der Waals surface area contributed by atoms with Crippen LogP contribution >= 0.6 is 0 Å². The summed E-state index contributed by atoms with van der Waals surface area (Å²) in [7, 11) is 0. The van der Waals surface area contributed by atoms with Gasteiger partial charge < -0.3 is 10.6 Å². The summed E-state index contributed by atoms with van der Waals surface area (Å²) in [5.41, 5.74) is 0. The molecule has 0 spiro atoms. The highest BCUT2D eigenvalue weighted by Crippen LogP contribution is 2.27. The van der Waals surface area contributed by atoms with E-state index in [1.54, 1.807) is 0 Å². The van der Waals surface area contributed by atoms with Gasteiger partial charge in [0.25, 0.3) is 0 Å². The molecule has 112 valence electrons. The number of nitrogens with one attached hydrogen (secondary N) is 2. The summed E-state index contributed by atoms with van der Waals surface area (Å²) < 4.78 is 0. The van der Waals surface area contributed by atoms with Crippen molar-refractivity contribution in [3.05, 3.63) is 11.9 Å². The highest BCUT2D eigenvalue weighted by atomic mass is 15.1. The molecule has 0 aromatic carbocycles. The minimum Gasteiger partial charge on any atom is -0.370 e. The third kappa shape index (κ3) is 4.66. The third-order valence-electron chi connectivity index (χ3n) is 3.94. The fourth-order valence-electron chi connectivity index (χ4n) is 2.90. The van der Waals surface area contributed by atoms with E-state index in [9.17, 15) is 0 Å². The second kappa shape index (κ2) is 8.08. The molecule has 4 heteroatoms. The van der Waals surface area contributed by atoms with E-state index in [1.807, 2.05) is 6.07 Å². The zero-order valence-corrected chi connectivity index (χ0v) is 12.9. The van der Waals surface area contributed by atoms with Crippen molar-refractivity contribution in [2.24, 2.45) is 5.92 Å². The van der Waals surface area contributed by atoms with Crippen molar-refractivity contribution in [3.8, 4) is 0 Å². The molecule has 1 heterocycles. The van der Waals surface area contributed by atoms with Gasteiger partial charge in [-0.3, -0.25) is 0 Å². The predicted molar refractivity (Wildman–Crippen MR) is 85.3 cm³/mol. The van der Waals surface area contributed by atoms with Gasteiger partial charge in [0.15, 0.2) is 0 Å². The molecule has 4 nitrogen and oxygen atoms in total. The van der Waals surface area contributed by atoms with Crippen LogP contribution in [0.25, 0.3) is 0 Å². The summed E-state index contributed by atoms with van der Waals surface area (Å²) in [6, 6.07) is 2.03. The monoisotopic (exact) mass is 276 g/mol. The van der Waals surface area contributed by atoms with Gasteiger partial charge in [0.2, 0.25) is 0 Å². The minimum atomic E-state index is 0.893. The Kier molecular flexibility index (Phi) is 6.09. The normalized spacial score (nSPS) is 15.5. The fourth-order valence-corrected chi connectivity index (χ4v) is 2.90. The van der Waals surface area contributed by atoms with Crippen LogP contribution in [0.4, 0.5) is 11.6 Å². The van der Waals surface area contributed by atoms with Crippen LogP contribution in [0.2, 0.25) is 0 Å². The molecule has 2 N–H and O–H groups in total. The van der Waals surface area contributed by atoms with E-state index >= 15 is 0 Å². The number of nitrogens with zero attached hydrogens (tertiary/aromatic N) is 2. The lowest BCUT2D eigenvalue weighted by Gasteiger charge is -2.12. The molecule has 0 unspecified atom stereocenters. The molecule has 0 amide bonds. The van der Waals surface area contributed by atoms with Gasteiger partial charge in [-0.25, -0.2) is 9.97 Å². The summed E-state index contributed by atoms with van der Waals surface area (Å²) in [6.07, 6.45) is 8.95. The number of aryl methyl sites for hydroxylation is 1. The van der Waals surface area contributed by atoms with Gasteiger partial charge >= 0.3 is 0 Å². The Morgan fingerprint density at radius 1 is 1.10 bits per heavy atom. The van der Waals surface area contributed by atoms with Crippen molar-refractivity contribution in [2.45, 2.75) is 58.8 Å². The van der Waals surface area contributed by atoms with E-state index in [0.29, 0.717) is 0 Å². The molecule has 1 saturated carbocycles. The molecule has 1 aromatic rings. The molecule has 1 fully saturated rings. The van der Waals surface area contributed by atoms with Gasteiger partial charge in [-0.15, -0.1) is 0 Å². The second-order valence-corrected chi connectivity index (χ2v) is 5.70. The number of rotatable bonds is 8. The fraction of sp³-hybridized carbons (Fsp3) is 0.750. The van der Waals surface area contributed by atoms with E-state index < -0.39 is 0 Å². The molecule has 1 aliphatic carbocycles. The molecule has 2 rings (SSSR count). The summed E-state index contributed by atoms with van der Waals surface area (Å²) in [5.74, 6) is 3.77. The number of hydrogen-bond acceptors (Lipinski definition) is 4. The zero-order valence-electron chi connectivity index (χ0n) is 12.9. The summed E-state index contributed by atoms with van der Waals surface area (Å²) in [6.45, 7) is 6.17. The Morgan fingerprint density at radius 2 is 1.80 bits per heavy atom. The van der Waals surface area contributed by atoms with Crippen LogP contribution in [0.1, 0.15) is 58.2 Å². The molecule has 20 heavy (non-hydrogen) atoms. The van der Waals surface area contributed by atoms with Gasteiger partial charge in [-0.2, -0.15) is 0 Å². The van der Waals surface area contributed by atoms with Crippen molar-refractivity contribution in [1.82, 2.24) is 9.97 Å². The lowest BCUT2D eigenvalue weighted by Crippen LogP contribution is -2.11. The van der Waals surface area contributed by atoms with E-state index in [4.69, 9.17) is 0 Å². The molecule has 0 bridgehead atoms. The maximum Gasteiger partial charge on any atom is 0.133 e. The smallest absolute Gasteiger partial charge is 0.133 e. The lowest BCUT2D eigenvalue weighted by atomic mass is 10.0. The lowest BCUT2D eigenvalue weighted by molar-refractivity contribution is 0.518. The van der Waals surface area contributed by atoms with Gasteiger partial charge in [0, 0.05) is 25.6 Å². The molecule has 0 aliphatic heterocycles. The average molecular weight is 276 g/mol. The highest BCUT2D eigenvalue weighted by Gasteiger charge is 2.14. The molecule has 0 atom stereocenters. The van der Waals surface area contributed by atoms with Crippen molar-refractivity contribution in [2.75, 3.05) is 23.7 Å². The first-order valence-corrected chi connectivity index (χ1v) is 8.17. The van der Waals surface area contributed by atoms with Crippen molar-refractivity contribution in [1.29, 1.82) is 0 Å². The molecular weight excluding hydrogens is 248 g/mol. The standard InChI is InChI=1S/C16H28N4/c1-3-7-14-19-15(17-4-2)12-16(20-14)18-11-10-13-8-5-6-9-13/h12-13H,3-11H2,1-2H3,(H2,17,18,19,20). The Morgan fingerprint density at radius 3 is 2.45 bits per heavy atom. The van der Waals surface area contributed by atoms with Gasteiger partial charge in [-0.05, 0) is 25.7 Å². The van der Waals surface area contributed by atoms with E-state index in [0.717, 1.165) is 49.3 Å². The summed E-state index contributed by atoms with van der Waals surface area (Å²) in [4.78, 5) is 9.14. The van der Waals surface area contributed by atoms with Crippen molar-refractivity contribution in [3.63, 3.8) is 0 Å². The average Bonchev–Trinajstić information content (AvgIpc) is 2.92. The van der Waals surface area contributed by atoms with Crippen molar-refractivity contribution < 1.29 is 0 Å². The SMILES string of the molecule is CCCc1nc(NCC)cc(NCCC2CCCC2)n1. The largest absolute Gasteiger partial charge is 0.370 e. The maximum absolute atomic E-state index is 4.61. The minimum absolute atomic E-state index is 0.893. The molecule has 1 aliphatic rings. The molecule has 0 radical (unpaired) electrons. The summed E-state index contributed by atoms with van der Waals surface area (Å²) in [5, 5.41) is 6.77. The van der Waals surface area contributed by atoms with Crippen molar-refractivity contribution >= 4 is 11.6 Å². The molecular formula is C16H28N4. The van der Waals surface area contributed by atoms with Gasteiger partial charge in [0.1, 0.15) is 17.5 Å². The van der Waals surface area contributed by atoms with E-state index in [-0.39, 0.29) is 0 Å². The van der Waals surface area contributed by atoms with Crippen LogP contribution < -0.4 is 10.6 Å². The quantitative estimate of drug-likeness (QED) is 0.757. The van der Waals surface area contributed by atoms with Gasteiger partial charge in [0.05, 0.1) is 0 Å². The van der Waals surface area contributed by atoms with Crippen LogP contribution in [0.15, 0.2) is 6.07 Å². The number of anilines is 2. The Balaban J connectivity index is 1.90. The Labute approximate surface area is 122 Å². The predicted octanol–water partition coefficient (Wildman–Crippen LogP) is 3.85. The van der Waals surface area contributed by atoms with Crippen LogP contribution in [-0.4, -0.2) is 23.1 Å². The topological polar surface area (TPSA) is 49.8 Å². The first-order valence-electron chi connectivity index (χ1n) is 8.17. The van der Waals surface area contributed by atoms with Crippen LogP contribution in [0.3, 0.4) is 0 Å². The first kappa shape index (κ1) is 15.1. The number of aromatic nitrogens is 2. The second-order valence-electron chi connectivity index (χ2n) is 5.70. The Bertz CT molecular complexity index is 375. The van der Waals surface area contributed by atoms with E-state index in [1.165, 1.54) is 32.1 Å². The van der Waals surface area contributed by atoms with Crippen LogP contribution in [0.5, 0.6) is 0 Å². The van der Waals surface area contributed by atoms with Crippen LogP contribution in [0, 0.1) is 5.92 Å². The van der Waals surface area contributed by atoms with Crippen LogP contribution in [-0.2, 0) is 6.42 Å². The summed E-state index contributed by atoms with van der Waals surface area (Å²) >= 11 is 0. The third-order valence-corrected chi connectivity index (χ3v) is 3.94. The first-order chi connectivity index (χ1) is 9.81. The zero-order chi connectivity index (χ0) is 14.2. The van der Waals surface area contributed by atoms with E-state index in [2.05, 4.69) is 34.4 Å². The highest BCUT2D eigenvalue weighted by molar-refractivity contribution is 5.47. The Hall–Kier alpha value is -1.32. The number of hydrogen-bond donors (Lipinski definition) is 2. The maximum atomic E-state index is 4.61. The molecule has 0 saturated heterocycles.